The predicted octanol–water partition coefficient (Wildman–Crippen LogP) is 0.497. The topological polar surface area (TPSA) is 46.9 Å². The minimum Gasteiger partial charge on any atom is -0.394 e. The van der Waals surface area contributed by atoms with Crippen molar-refractivity contribution >= 4 is 17.0 Å². The molecule has 1 atom stereocenters. The van der Waals surface area contributed by atoms with Crippen molar-refractivity contribution in [2.75, 3.05) is 19.8 Å². The highest BCUT2D eigenvalue weighted by atomic mass is 79.9. The molecule has 0 aromatic rings. The number of aliphatic hydroxyl groups is 2. The molecule has 14 heavy (non-hydrogen) atoms. The Hall–Kier alpha value is -0.520. The van der Waals surface area contributed by atoms with E-state index in [0.29, 0.717) is 6.54 Å². The third-order valence-corrected chi connectivity index (χ3v) is 1.81. The number of allylic oxidation sites excluding steroid dienone is 1. The molecule has 4 nitrogen and oxygen atoms in total. The van der Waals surface area contributed by atoms with E-state index < -0.39 is 6.10 Å². The van der Waals surface area contributed by atoms with Crippen molar-refractivity contribution in [2.24, 2.45) is 0 Å². The Morgan fingerprint density at radius 3 is 2.79 bits per heavy atom. The van der Waals surface area contributed by atoms with Crippen molar-refractivity contribution in [2.45, 2.75) is 13.0 Å². The van der Waals surface area contributed by atoms with E-state index in [2.05, 4.69) is 0 Å². The van der Waals surface area contributed by atoms with Crippen LogP contribution < -0.4 is 0 Å². The molecule has 0 radical (unpaired) electrons. The van der Waals surface area contributed by atoms with E-state index in [1.165, 1.54) is 0 Å². The normalized spacial score (nSPS) is 17.6. The molecule has 0 bridgehead atoms. The molecule has 0 fully saturated rings. The molecule has 1 rings (SSSR count). The first-order chi connectivity index (χ1) is 6.26. The highest BCUT2D eigenvalue weighted by Crippen LogP contribution is 2.07. The van der Waals surface area contributed by atoms with E-state index >= 15 is 0 Å². The van der Waals surface area contributed by atoms with Crippen LogP contribution in [0.25, 0.3) is 0 Å². The Morgan fingerprint density at radius 1 is 1.50 bits per heavy atom. The SMILES string of the molecule is Br.CC=CN1C=CN(CC(O)CO)C1. The van der Waals surface area contributed by atoms with Gasteiger partial charge in [0.1, 0.15) is 0 Å². The first kappa shape index (κ1) is 13.5. The molecule has 0 aromatic carbocycles. The van der Waals surface area contributed by atoms with Gasteiger partial charge in [-0.2, -0.15) is 0 Å². The quantitative estimate of drug-likeness (QED) is 0.777. The van der Waals surface area contributed by atoms with Gasteiger partial charge in [-0.1, -0.05) is 6.08 Å². The summed E-state index contributed by atoms with van der Waals surface area (Å²) in [5, 5.41) is 17.8. The number of rotatable bonds is 4. The van der Waals surface area contributed by atoms with Gasteiger partial charge < -0.3 is 20.0 Å². The lowest BCUT2D eigenvalue weighted by atomic mass is 10.3. The van der Waals surface area contributed by atoms with E-state index in [-0.39, 0.29) is 23.6 Å². The van der Waals surface area contributed by atoms with Crippen LogP contribution >= 0.6 is 17.0 Å². The maximum atomic E-state index is 9.17. The Labute approximate surface area is 94.9 Å². The van der Waals surface area contributed by atoms with Gasteiger partial charge in [0.25, 0.3) is 0 Å². The maximum Gasteiger partial charge on any atom is 0.0945 e. The third-order valence-electron chi connectivity index (χ3n) is 1.81. The molecule has 0 amide bonds. The van der Waals surface area contributed by atoms with Gasteiger partial charge in [0.05, 0.1) is 19.4 Å². The molecular weight excluding hydrogens is 248 g/mol. The van der Waals surface area contributed by atoms with Gasteiger partial charge in [-0.15, -0.1) is 17.0 Å². The minimum atomic E-state index is -0.657. The fourth-order valence-electron chi connectivity index (χ4n) is 1.22. The van der Waals surface area contributed by atoms with E-state index in [1.807, 2.05) is 41.4 Å². The lowest BCUT2D eigenvalue weighted by Crippen LogP contribution is -2.32. The number of halogens is 1. The van der Waals surface area contributed by atoms with Crippen molar-refractivity contribution in [3.63, 3.8) is 0 Å². The van der Waals surface area contributed by atoms with Crippen LogP contribution in [0.1, 0.15) is 6.92 Å². The molecule has 1 unspecified atom stereocenters. The fraction of sp³-hybridized carbons (Fsp3) is 0.556. The van der Waals surface area contributed by atoms with Gasteiger partial charge in [-0.3, -0.25) is 0 Å². The zero-order chi connectivity index (χ0) is 9.68. The first-order valence-electron chi connectivity index (χ1n) is 4.36. The molecule has 1 aliphatic heterocycles. The highest BCUT2D eigenvalue weighted by molar-refractivity contribution is 8.93. The van der Waals surface area contributed by atoms with Crippen LogP contribution in [0.3, 0.4) is 0 Å². The van der Waals surface area contributed by atoms with Gasteiger partial charge in [-0.05, 0) is 6.92 Å². The van der Waals surface area contributed by atoms with Crippen LogP contribution in [0.4, 0.5) is 0 Å². The second-order valence-corrected chi connectivity index (χ2v) is 3.04. The Bertz CT molecular complexity index is 209. The maximum absolute atomic E-state index is 9.17. The van der Waals surface area contributed by atoms with E-state index in [0.717, 1.165) is 6.67 Å². The summed E-state index contributed by atoms with van der Waals surface area (Å²) in [6.45, 7) is 2.98. The monoisotopic (exact) mass is 264 g/mol. The van der Waals surface area contributed by atoms with E-state index in [9.17, 15) is 5.11 Å². The smallest absolute Gasteiger partial charge is 0.0945 e. The average Bonchev–Trinajstić information content (AvgIpc) is 2.53. The Kier molecular flexibility index (Phi) is 6.61. The summed E-state index contributed by atoms with van der Waals surface area (Å²) in [7, 11) is 0. The third kappa shape index (κ3) is 4.13. The number of nitrogens with zero attached hydrogens (tertiary/aromatic N) is 2. The number of β-amino-alcohol motifs (C(OH)–C–C–N with tert-alkyl or cyclic N) is 1. The van der Waals surface area contributed by atoms with Gasteiger partial charge >= 0.3 is 0 Å². The molecule has 5 heteroatoms. The molecule has 0 aliphatic carbocycles. The van der Waals surface area contributed by atoms with Crippen LogP contribution in [-0.2, 0) is 0 Å². The molecule has 1 aliphatic rings. The summed E-state index contributed by atoms with van der Waals surface area (Å²) in [4.78, 5) is 3.95. The van der Waals surface area contributed by atoms with Crippen molar-refractivity contribution in [1.82, 2.24) is 9.80 Å². The summed E-state index contributed by atoms with van der Waals surface area (Å²) >= 11 is 0. The number of hydrogen-bond acceptors (Lipinski definition) is 4. The summed E-state index contributed by atoms with van der Waals surface area (Å²) in [6, 6.07) is 0. The van der Waals surface area contributed by atoms with Crippen molar-refractivity contribution in [1.29, 1.82) is 0 Å². The second kappa shape index (κ2) is 6.86. The van der Waals surface area contributed by atoms with Gasteiger partial charge in [0.15, 0.2) is 0 Å². The summed E-state index contributed by atoms with van der Waals surface area (Å²) < 4.78 is 0. The molecule has 1 heterocycles. The zero-order valence-corrected chi connectivity index (χ0v) is 9.92. The van der Waals surface area contributed by atoms with E-state index in [4.69, 9.17) is 5.11 Å². The Morgan fingerprint density at radius 2 is 2.21 bits per heavy atom. The van der Waals surface area contributed by atoms with Crippen molar-refractivity contribution in [3.05, 3.63) is 24.7 Å². The summed E-state index contributed by atoms with van der Waals surface area (Å²) in [5.41, 5.74) is 0. The van der Waals surface area contributed by atoms with Crippen LogP contribution in [0.5, 0.6) is 0 Å². The average molecular weight is 265 g/mol. The number of aliphatic hydroxyl groups excluding tert-OH is 2. The van der Waals surface area contributed by atoms with E-state index in [1.54, 1.807) is 0 Å². The summed E-state index contributed by atoms with van der Waals surface area (Å²) in [6.07, 6.45) is 7.09. The molecule has 0 aromatic heterocycles. The van der Waals surface area contributed by atoms with Gasteiger partial charge in [-0.25, -0.2) is 0 Å². The molecule has 0 saturated heterocycles. The largest absolute Gasteiger partial charge is 0.394 e. The van der Waals surface area contributed by atoms with Crippen molar-refractivity contribution in [3.8, 4) is 0 Å². The molecular formula is C9H17BrN2O2. The second-order valence-electron chi connectivity index (χ2n) is 3.04. The van der Waals surface area contributed by atoms with Crippen LogP contribution in [0, 0.1) is 0 Å². The Balaban J connectivity index is 0.00000169. The van der Waals surface area contributed by atoms with Crippen LogP contribution in [0.15, 0.2) is 24.7 Å². The predicted molar refractivity (Wildman–Crippen MR) is 60.8 cm³/mol. The number of hydrogen-bond donors (Lipinski definition) is 2. The molecule has 0 spiro atoms. The minimum absolute atomic E-state index is 0. The van der Waals surface area contributed by atoms with Gasteiger partial charge in [0, 0.05) is 25.1 Å². The fourth-order valence-corrected chi connectivity index (χ4v) is 1.22. The molecule has 0 saturated carbocycles. The van der Waals surface area contributed by atoms with Crippen LogP contribution in [-0.4, -0.2) is 45.9 Å². The molecule has 2 N–H and O–H groups in total. The lowest BCUT2D eigenvalue weighted by molar-refractivity contribution is 0.0691. The zero-order valence-electron chi connectivity index (χ0n) is 8.21. The molecule has 82 valence electrons. The highest BCUT2D eigenvalue weighted by Gasteiger charge is 2.12. The standard InChI is InChI=1S/C9H16N2O2.BrH/c1-2-3-10-4-5-11(8-10)6-9(13)7-12;/h2-5,9,12-13H,6-8H2,1H3;1H. The van der Waals surface area contributed by atoms with Gasteiger partial charge in [0.2, 0.25) is 0 Å². The first-order valence-corrected chi connectivity index (χ1v) is 4.36. The van der Waals surface area contributed by atoms with Crippen molar-refractivity contribution < 1.29 is 10.2 Å². The summed E-state index contributed by atoms with van der Waals surface area (Å²) in [5.74, 6) is 0. The lowest BCUT2D eigenvalue weighted by Gasteiger charge is -2.20. The van der Waals surface area contributed by atoms with Crippen LogP contribution in [0.2, 0.25) is 0 Å².